The molecule has 1 aromatic heterocycles. The molecule has 0 saturated heterocycles. The van der Waals surface area contributed by atoms with Crippen molar-refractivity contribution in [1.82, 2.24) is 9.88 Å². The molecular weight excluding hydrogens is 337 g/mol. The van der Waals surface area contributed by atoms with Gasteiger partial charge in [-0.3, -0.25) is 4.79 Å². The zero-order valence-corrected chi connectivity index (χ0v) is 13.6. The second-order valence-corrected chi connectivity index (χ2v) is 5.76. The molecule has 0 bridgehead atoms. The van der Waals surface area contributed by atoms with Crippen molar-refractivity contribution in [2.75, 3.05) is 12.4 Å². The fraction of sp³-hybridized carbons (Fsp3) is 0.250. The van der Waals surface area contributed by atoms with Crippen LogP contribution in [0.2, 0.25) is 5.02 Å². The third kappa shape index (κ3) is 3.07. The summed E-state index contributed by atoms with van der Waals surface area (Å²) in [7, 11) is 1.30. The molecule has 0 aliphatic carbocycles. The Morgan fingerprint density at radius 3 is 2.83 bits per heavy atom. The van der Waals surface area contributed by atoms with E-state index in [1.165, 1.54) is 25.3 Å². The second kappa shape index (κ2) is 6.52. The van der Waals surface area contributed by atoms with Crippen molar-refractivity contribution in [3.8, 4) is 0 Å². The molecule has 24 heavy (non-hydrogen) atoms. The van der Waals surface area contributed by atoms with Gasteiger partial charge in [-0.05, 0) is 36.8 Å². The first-order valence-corrected chi connectivity index (χ1v) is 7.67. The maximum absolute atomic E-state index is 13.2. The molecule has 2 aromatic rings. The minimum Gasteiger partial charge on any atom is -0.453 e. The maximum Gasteiger partial charge on any atom is 0.407 e. The first kappa shape index (κ1) is 16.3. The fourth-order valence-electron chi connectivity index (χ4n) is 2.76. The largest absolute Gasteiger partial charge is 0.453 e. The van der Waals surface area contributed by atoms with Gasteiger partial charge in [-0.1, -0.05) is 11.6 Å². The molecule has 1 atom stereocenters. The minimum absolute atomic E-state index is 0.0597. The molecule has 3 rings (SSSR count). The first-order chi connectivity index (χ1) is 11.5. The smallest absolute Gasteiger partial charge is 0.407 e. The van der Waals surface area contributed by atoms with Gasteiger partial charge in [-0.25, -0.2) is 9.18 Å². The lowest BCUT2D eigenvalue weighted by molar-refractivity contribution is 0.101. The third-order valence-corrected chi connectivity index (χ3v) is 4.19. The summed E-state index contributed by atoms with van der Waals surface area (Å²) < 4.78 is 19.6. The Kier molecular flexibility index (Phi) is 4.44. The third-order valence-electron chi connectivity index (χ3n) is 3.90. The number of amides is 2. The van der Waals surface area contributed by atoms with Gasteiger partial charge in [0, 0.05) is 17.9 Å². The van der Waals surface area contributed by atoms with Crippen molar-refractivity contribution in [1.29, 1.82) is 0 Å². The molecule has 1 aliphatic rings. The fourth-order valence-corrected chi connectivity index (χ4v) is 2.94. The van der Waals surface area contributed by atoms with E-state index in [1.54, 1.807) is 12.1 Å². The number of methoxy groups -OCH3 is 1. The van der Waals surface area contributed by atoms with E-state index in [4.69, 9.17) is 11.6 Å². The highest BCUT2D eigenvalue weighted by atomic mass is 35.5. The van der Waals surface area contributed by atoms with E-state index in [1.807, 2.05) is 4.57 Å². The van der Waals surface area contributed by atoms with Crippen molar-refractivity contribution in [3.05, 3.63) is 52.6 Å². The van der Waals surface area contributed by atoms with E-state index in [0.717, 1.165) is 5.69 Å². The monoisotopic (exact) mass is 351 g/mol. The van der Waals surface area contributed by atoms with Crippen LogP contribution in [0.3, 0.4) is 0 Å². The minimum atomic E-state index is -0.546. The van der Waals surface area contributed by atoms with E-state index >= 15 is 0 Å². The zero-order valence-electron chi connectivity index (χ0n) is 12.8. The van der Waals surface area contributed by atoms with Crippen molar-refractivity contribution < 1.29 is 18.7 Å². The number of alkyl carbamates (subject to hydrolysis) is 1. The van der Waals surface area contributed by atoms with Crippen LogP contribution >= 0.6 is 11.6 Å². The van der Waals surface area contributed by atoms with Crippen LogP contribution in [-0.2, 0) is 11.3 Å². The number of ether oxygens (including phenoxy) is 1. The van der Waals surface area contributed by atoms with Crippen LogP contribution in [0.1, 0.15) is 28.6 Å². The first-order valence-electron chi connectivity index (χ1n) is 7.30. The Bertz CT molecular complexity index is 806. The topological polar surface area (TPSA) is 72.4 Å². The van der Waals surface area contributed by atoms with Crippen LogP contribution in [0.4, 0.5) is 14.9 Å². The lowest BCUT2D eigenvalue weighted by Gasteiger charge is -2.10. The van der Waals surface area contributed by atoms with Gasteiger partial charge in [0.05, 0.1) is 18.2 Å². The quantitative estimate of drug-likeness (QED) is 0.890. The number of halogens is 2. The number of hydrogen-bond donors (Lipinski definition) is 2. The molecule has 1 aromatic carbocycles. The molecule has 2 heterocycles. The van der Waals surface area contributed by atoms with Crippen LogP contribution in [0.15, 0.2) is 30.3 Å². The van der Waals surface area contributed by atoms with Crippen LogP contribution in [0.25, 0.3) is 0 Å². The van der Waals surface area contributed by atoms with E-state index in [2.05, 4.69) is 15.4 Å². The number of carbonyl (C=O) groups is 2. The molecule has 2 amide bonds. The molecule has 1 aliphatic heterocycles. The molecule has 0 spiro atoms. The Morgan fingerprint density at radius 1 is 1.33 bits per heavy atom. The lowest BCUT2D eigenvalue weighted by atomic mass is 10.2. The number of benzene rings is 1. The summed E-state index contributed by atoms with van der Waals surface area (Å²) in [6, 6.07) is 7.26. The van der Waals surface area contributed by atoms with Gasteiger partial charge in [-0.2, -0.15) is 0 Å². The average molecular weight is 352 g/mol. The van der Waals surface area contributed by atoms with E-state index < -0.39 is 11.9 Å². The van der Waals surface area contributed by atoms with Gasteiger partial charge in [0.25, 0.3) is 5.91 Å². The van der Waals surface area contributed by atoms with Crippen molar-refractivity contribution >= 4 is 29.3 Å². The summed E-state index contributed by atoms with van der Waals surface area (Å²) in [6.45, 7) is 0.601. The van der Waals surface area contributed by atoms with Crippen LogP contribution < -0.4 is 10.6 Å². The SMILES string of the molecule is COC(=O)NC1CCn2c(C(=O)Nc3ccc(F)c(Cl)c3)ccc21. The van der Waals surface area contributed by atoms with Crippen LogP contribution in [-0.4, -0.2) is 23.7 Å². The van der Waals surface area contributed by atoms with Gasteiger partial charge >= 0.3 is 6.09 Å². The Labute approximate surface area is 142 Å². The predicted molar refractivity (Wildman–Crippen MR) is 86.7 cm³/mol. The van der Waals surface area contributed by atoms with E-state index in [0.29, 0.717) is 24.3 Å². The molecule has 126 valence electrons. The summed E-state index contributed by atoms with van der Waals surface area (Å²) in [5.41, 5.74) is 1.70. The summed E-state index contributed by atoms with van der Waals surface area (Å²) in [4.78, 5) is 23.8. The van der Waals surface area contributed by atoms with Gasteiger partial charge in [0.1, 0.15) is 11.5 Å². The van der Waals surface area contributed by atoms with Crippen LogP contribution in [0.5, 0.6) is 0 Å². The van der Waals surface area contributed by atoms with Gasteiger partial charge < -0.3 is 19.9 Å². The Balaban J connectivity index is 1.76. The molecular formula is C16H15ClFN3O3. The number of nitrogens with zero attached hydrogens (tertiary/aromatic N) is 1. The maximum atomic E-state index is 13.2. The number of carbonyl (C=O) groups excluding carboxylic acids is 2. The van der Waals surface area contributed by atoms with Crippen LogP contribution in [0, 0.1) is 5.82 Å². The lowest BCUT2D eigenvalue weighted by Crippen LogP contribution is -2.26. The normalized spacial score (nSPS) is 15.7. The summed E-state index contributed by atoms with van der Waals surface area (Å²) >= 11 is 5.71. The standard InChI is InChI=1S/C16H15ClFN3O3/c1-24-16(23)20-12-6-7-21-13(12)4-5-14(21)15(22)19-9-2-3-11(18)10(17)8-9/h2-5,8,12H,6-7H2,1H3,(H,19,22)(H,20,23). The molecule has 0 radical (unpaired) electrons. The Hall–Kier alpha value is -2.54. The molecule has 0 saturated carbocycles. The molecule has 8 heteroatoms. The molecule has 2 N–H and O–H groups in total. The number of hydrogen-bond acceptors (Lipinski definition) is 3. The molecule has 0 fully saturated rings. The highest BCUT2D eigenvalue weighted by molar-refractivity contribution is 6.31. The van der Waals surface area contributed by atoms with Gasteiger partial charge in [0.2, 0.25) is 0 Å². The number of rotatable bonds is 3. The Morgan fingerprint density at radius 2 is 2.12 bits per heavy atom. The highest BCUT2D eigenvalue weighted by Crippen LogP contribution is 2.29. The number of fused-ring (bicyclic) bond motifs is 1. The number of aromatic nitrogens is 1. The number of nitrogens with one attached hydrogen (secondary N) is 2. The highest BCUT2D eigenvalue weighted by Gasteiger charge is 2.28. The van der Waals surface area contributed by atoms with E-state index in [9.17, 15) is 14.0 Å². The zero-order chi connectivity index (χ0) is 17.3. The van der Waals surface area contributed by atoms with E-state index in [-0.39, 0.29) is 17.0 Å². The number of anilines is 1. The molecule has 1 unspecified atom stereocenters. The van der Waals surface area contributed by atoms with Gasteiger partial charge in [0.15, 0.2) is 0 Å². The van der Waals surface area contributed by atoms with Gasteiger partial charge in [-0.15, -0.1) is 0 Å². The van der Waals surface area contributed by atoms with Crippen molar-refractivity contribution in [2.45, 2.75) is 19.0 Å². The average Bonchev–Trinajstić information content (AvgIpc) is 3.13. The second-order valence-electron chi connectivity index (χ2n) is 5.36. The molecule has 6 nitrogen and oxygen atoms in total. The van der Waals surface area contributed by atoms with Crippen molar-refractivity contribution in [3.63, 3.8) is 0 Å². The summed E-state index contributed by atoms with van der Waals surface area (Å²) in [5.74, 6) is -0.877. The summed E-state index contributed by atoms with van der Waals surface area (Å²) in [6.07, 6.45) is 0.162. The summed E-state index contributed by atoms with van der Waals surface area (Å²) in [5, 5.41) is 5.35. The predicted octanol–water partition coefficient (Wildman–Crippen LogP) is 3.33. The van der Waals surface area contributed by atoms with Crippen molar-refractivity contribution in [2.24, 2.45) is 0 Å².